The van der Waals surface area contributed by atoms with Gasteiger partial charge >= 0.3 is 0 Å². The van der Waals surface area contributed by atoms with Crippen LogP contribution in [0.4, 0.5) is 5.95 Å². The van der Waals surface area contributed by atoms with Gasteiger partial charge in [-0.25, -0.2) is 5.43 Å². The second-order valence-electron chi connectivity index (χ2n) is 7.32. The highest BCUT2D eigenvalue weighted by molar-refractivity contribution is 6.04. The van der Waals surface area contributed by atoms with E-state index in [1.165, 1.54) is 11.1 Å². The normalized spacial score (nSPS) is 11.9. The molecule has 0 bridgehead atoms. The van der Waals surface area contributed by atoms with E-state index in [1.54, 1.807) is 0 Å². The van der Waals surface area contributed by atoms with E-state index in [0.29, 0.717) is 5.95 Å². The molecule has 152 valence electrons. The summed E-state index contributed by atoms with van der Waals surface area (Å²) in [5, 5.41) is 14.2. The highest BCUT2D eigenvalue weighted by Gasteiger charge is 2.13. The minimum absolute atomic E-state index is 0.380. The van der Waals surface area contributed by atoms with Crippen molar-refractivity contribution in [2.45, 2.75) is 20.4 Å². The van der Waals surface area contributed by atoms with Crippen LogP contribution < -0.4 is 5.43 Å². The predicted molar refractivity (Wildman–Crippen MR) is 126 cm³/mol. The van der Waals surface area contributed by atoms with Gasteiger partial charge < -0.3 is 4.57 Å². The molecule has 0 saturated heterocycles. The van der Waals surface area contributed by atoms with Crippen LogP contribution in [0.5, 0.6) is 0 Å². The third kappa shape index (κ3) is 3.53. The van der Waals surface area contributed by atoms with E-state index < -0.39 is 0 Å². The molecule has 31 heavy (non-hydrogen) atoms. The maximum Gasteiger partial charge on any atom is 0.265 e. The van der Waals surface area contributed by atoms with E-state index in [1.807, 2.05) is 37.3 Å². The van der Waals surface area contributed by atoms with Gasteiger partial charge in [0, 0.05) is 11.9 Å². The number of rotatable bonds is 5. The van der Waals surface area contributed by atoms with Crippen LogP contribution in [0.15, 0.2) is 84.0 Å². The molecule has 0 unspecified atom stereocenters. The molecule has 0 aliphatic rings. The Morgan fingerprint density at radius 2 is 1.58 bits per heavy atom. The Labute approximate surface area is 180 Å². The van der Waals surface area contributed by atoms with Crippen LogP contribution in [0.2, 0.25) is 0 Å². The molecule has 3 aromatic carbocycles. The number of hydrazone groups is 1. The van der Waals surface area contributed by atoms with Crippen LogP contribution in [0.3, 0.4) is 0 Å². The summed E-state index contributed by atoms with van der Waals surface area (Å²) in [6.07, 6.45) is 0. The van der Waals surface area contributed by atoms with Gasteiger partial charge in [0.1, 0.15) is 5.52 Å². The summed E-state index contributed by atoms with van der Waals surface area (Å²) in [6.45, 7) is 4.86. The Morgan fingerprint density at radius 1 is 0.871 bits per heavy atom. The SMILES string of the molecule is CCn1c2ccccc2c2nnc(NN=C(C)c3ccc(-c4ccccc4)cc3)nc21. The lowest BCUT2D eigenvalue weighted by molar-refractivity contribution is 0.811. The molecule has 0 spiro atoms. The van der Waals surface area contributed by atoms with Gasteiger partial charge in [-0.15, -0.1) is 10.2 Å². The Balaban J connectivity index is 1.41. The molecule has 5 rings (SSSR count). The summed E-state index contributed by atoms with van der Waals surface area (Å²) >= 11 is 0. The number of hydrogen-bond donors (Lipinski definition) is 1. The van der Waals surface area contributed by atoms with E-state index in [9.17, 15) is 0 Å². The molecule has 0 aliphatic heterocycles. The second-order valence-corrected chi connectivity index (χ2v) is 7.32. The lowest BCUT2D eigenvalue weighted by Crippen LogP contribution is -2.04. The minimum Gasteiger partial charge on any atom is -0.324 e. The van der Waals surface area contributed by atoms with Crippen molar-refractivity contribution in [1.29, 1.82) is 0 Å². The maximum absolute atomic E-state index is 4.67. The van der Waals surface area contributed by atoms with Crippen molar-refractivity contribution in [2.24, 2.45) is 5.10 Å². The van der Waals surface area contributed by atoms with Crippen LogP contribution in [0, 0.1) is 0 Å². The van der Waals surface area contributed by atoms with E-state index in [-0.39, 0.29) is 0 Å². The quantitative estimate of drug-likeness (QED) is 0.309. The van der Waals surface area contributed by atoms with Gasteiger partial charge in [0.2, 0.25) is 0 Å². The second kappa shape index (κ2) is 7.99. The average molecular weight is 406 g/mol. The predicted octanol–water partition coefficient (Wildman–Crippen LogP) is 5.50. The molecule has 6 nitrogen and oxygen atoms in total. The molecule has 0 saturated carbocycles. The number of nitrogens with one attached hydrogen (secondary N) is 1. The third-order valence-electron chi connectivity index (χ3n) is 5.42. The molecule has 0 aliphatic carbocycles. The molecular formula is C25H22N6. The smallest absolute Gasteiger partial charge is 0.265 e. The van der Waals surface area contributed by atoms with Gasteiger partial charge in [-0.3, -0.25) is 0 Å². The van der Waals surface area contributed by atoms with E-state index in [4.69, 9.17) is 0 Å². The highest BCUT2D eigenvalue weighted by atomic mass is 15.4. The minimum atomic E-state index is 0.380. The summed E-state index contributed by atoms with van der Waals surface area (Å²) in [7, 11) is 0. The number of para-hydroxylation sites is 1. The van der Waals surface area contributed by atoms with Crippen molar-refractivity contribution >= 4 is 33.7 Å². The van der Waals surface area contributed by atoms with Crippen molar-refractivity contribution in [1.82, 2.24) is 19.7 Å². The van der Waals surface area contributed by atoms with Crippen LogP contribution in [-0.4, -0.2) is 25.5 Å². The molecule has 2 aromatic heterocycles. The molecule has 2 heterocycles. The highest BCUT2D eigenvalue weighted by Crippen LogP contribution is 2.26. The molecule has 5 aromatic rings. The summed E-state index contributed by atoms with van der Waals surface area (Å²) in [5.74, 6) is 0.380. The molecule has 6 heteroatoms. The van der Waals surface area contributed by atoms with Gasteiger partial charge in [0.15, 0.2) is 5.65 Å². The fraction of sp³-hybridized carbons (Fsp3) is 0.120. The number of aromatic nitrogens is 4. The molecule has 0 radical (unpaired) electrons. The number of hydrogen-bond acceptors (Lipinski definition) is 5. The summed E-state index contributed by atoms with van der Waals surface area (Å²) in [5.41, 5.74) is 9.94. The standard InChI is InChI=1S/C25H22N6/c1-3-31-22-12-8-7-11-21(22)23-24(31)26-25(30-28-23)29-27-17(2)18-13-15-20(16-14-18)19-9-5-4-6-10-19/h4-16H,3H2,1-2H3,(H,26,29,30). The Hall–Kier alpha value is -4.06. The molecule has 0 amide bonds. The lowest BCUT2D eigenvalue weighted by atomic mass is 10.0. The zero-order chi connectivity index (χ0) is 21.2. The van der Waals surface area contributed by atoms with Crippen molar-refractivity contribution in [3.8, 4) is 11.1 Å². The van der Waals surface area contributed by atoms with Gasteiger partial charge in [-0.2, -0.15) is 10.1 Å². The zero-order valence-electron chi connectivity index (χ0n) is 17.4. The van der Waals surface area contributed by atoms with Crippen LogP contribution in [0.1, 0.15) is 19.4 Å². The first-order valence-electron chi connectivity index (χ1n) is 10.3. The number of fused-ring (bicyclic) bond motifs is 3. The zero-order valence-corrected chi connectivity index (χ0v) is 17.4. The Morgan fingerprint density at radius 3 is 2.35 bits per heavy atom. The van der Waals surface area contributed by atoms with Gasteiger partial charge in [-0.1, -0.05) is 72.8 Å². The fourth-order valence-corrected chi connectivity index (χ4v) is 3.80. The van der Waals surface area contributed by atoms with E-state index in [0.717, 1.165) is 39.9 Å². The largest absolute Gasteiger partial charge is 0.324 e. The first-order valence-corrected chi connectivity index (χ1v) is 10.3. The van der Waals surface area contributed by atoms with Crippen molar-refractivity contribution in [3.05, 3.63) is 84.4 Å². The fourth-order valence-electron chi connectivity index (χ4n) is 3.80. The molecule has 0 fully saturated rings. The monoisotopic (exact) mass is 406 g/mol. The van der Waals surface area contributed by atoms with Crippen molar-refractivity contribution < 1.29 is 0 Å². The number of anilines is 1. The summed E-state index contributed by atoms with van der Waals surface area (Å²) in [6, 6.07) is 26.8. The first kappa shape index (κ1) is 18.9. The Bertz CT molecular complexity index is 1380. The van der Waals surface area contributed by atoms with Gasteiger partial charge in [0.25, 0.3) is 5.95 Å². The lowest BCUT2D eigenvalue weighted by Gasteiger charge is -2.05. The van der Waals surface area contributed by atoms with Crippen LogP contribution in [0.25, 0.3) is 33.2 Å². The number of nitrogens with zero attached hydrogens (tertiary/aromatic N) is 5. The van der Waals surface area contributed by atoms with Crippen molar-refractivity contribution in [3.63, 3.8) is 0 Å². The maximum atomic E-state index is 4.67. The van der Waals surface area contributed by atoms with Crippen LogP contribution >= 0.6 is 0 Å². The topological polar surface area (TPSA) is 68.0 Å². The molecule has 1 N–H and O–H groups in total. The van der Waals surface area contributed by atoms with Crippen LogP contribution in [-0.2, 0) is 6.54 Å². The summed E-state index contributed by atoms with van der Waals surface area (Å²) in [4.78, 5) is 4.67. The van der Waals surface area contributed by atoms with E-state index in [2.05, 4.69) is 85.7 Å². The van der Waals surface area contributed by atoms with Crippen molar-refractivity contribution in [2.75, 3.05) is 5.43 Å². The third-order valence-corrected chi connectivity index (χ3v) is 5.42. The van der Waals surface area contributed by atoms with Gasteiger partial charge in [0.05, 0.1) is 11.2 Å². The Kier molecular flexibility index (Phi) is 4.88. The van der Waals surface area contributed by atoms with Gasteiger partial charge in [-0.05, 0) is 36.6 Å². The summed E-state index contributed by atoms with van der Waals surface area (Å²) < 4.78 is 2.14. The average Bonchev–Trinajstić information content (AvgIpc) is 3.16. The molecular weight excluding hydrogens is 384 g/mol. The number of benzene rings is 3. The number of aryl methyl sites for hydroxylation is 1. The first-order chi connectivity index (χ1) is 15.2. The molecule has 0 atom stereocenters. The van der Waals surface area contributed by atoms with E-state index >= 15 is 0 Å².